The van der Waals surface area contributed by atoms with Crippen molar-refractivity contribution in [2.45, 2.75) is 38.8 Å². The number of hydrogen-bond acceptors (Lipinski definition) is 4. The minimum Gasteiger partial charge on any atom is -0.493 e. The Balaban J connectivity index is 1.53. The van der Waals surface area contributed by atoms with Gasteiger partial charge >= 0.3 is 12.1 Å². The van der Waals surface area contributed by atoms with Crippen molar-refractivity contribution in [1.29, 1.82) is 0 Å². The van der Waals surface area contributed by atoms with E-state index in [0.29, 0.717) is 22.6 Å². The molecule has 2 aromatic heterocycles. The lowest BCUT2D eigenvalue weighted by Crippen LogP contribution is -2.09. The topological polar surface area (TPSA) is 88.4 Å². The van der Waals surface area contributed by atoms with E-state index in [2.05, 4.69) is 9.97 Å². The molecule has 2 N–H and O–H groups in total. The smallest absolute Gasteiger partial charge is 0.416 e. The molecule has 1 unspecified atom stereocenters. The molecule has 0 aliphatic heterocycles. The molecule has 0 amide bonds. The number of alkyl halides is 3. The van der Waals surface area contributed by atoms with E-state index in [1.165, 1.54) is 18.2 Å². The van der Waals surface area contributed by atoms with Gasteiger partial charge in [-0.1, -0.05) is 20.8 Å². The number of H-pyrrole nitrogens is 1. The lowest BCUT2D eigenvalue weighted by molar-refractivity contribution is -0.137. The highest BCUT2D eigenvalue weighted by Crippen LogP contribution is 2.34. The fraction of sp³-hybridized carbons (Fsp3) is 0.280. The largest absolute Gasteiger partial charge is 0.493 e. The Kier molecular flexibility index (Phi) is 6.12. The zero-order chi connectivity index (χ0) is 24.6. The average Bonchev–Trinajstić information content (AvgIpc) is 3.41. The number of aromatic carboxylic acids is 1. The van der Waals surface area contributed by atoms with Crippen LogP contribution in [0.2, 0.25) is 0 Å². The molecule has 34 heavy (non-hydrogen) atoms. The predicted octanol–water partition coefficient (Wildman–Crippen LogP) is 6.85. The van der Waals surface area contributed by atoms with Gasteiger partial charge in [-0.2, -0.15) is 13.2 Å². The van der Waals surface area contributed by atoms with Gasteiger partial charge in [0.2, 0.25) is 5.89 Å². The summed E-state index contributed by atoms with van der Waals surface area (Å²) < 4.78 is 50.5. The van der Waals surface area contributed by atoms with Gasteiger partial charge in [-0.25, -0.2) is 9.78 Å². The lowest BCUT2D eigenvalue weighted by Gasteiger charge is -2.13. The molecule has 0 radical (unpaired) electrons. The third-order valence-electron chi connectivity index (χ3n) is 5.46. The number of benzene rings is 2. The first-order valence-corrected chi connectivity index (χ1v) is 10.7. The first kappa shape index (κ1) is 23.4. The van der Waals surface area contributed by atoms with E-state index < -0.39 is 17.7 Å². The third kappa shape index (κ3) is 4.78. The maximum atomic E-state index is 12.9. The fourth-order valence-corrected chi connectivity index (χ4v) is 3.65. The number of nitrogens with zero attached hydrogens (tertiary/aromatic N) is 1. The van der Waals surface area contributed by atoms with Crippen molar-refractivity contribution >= 4 is 16.9 Å². The number of nitrogens with one attached hydrogen (secondary N) is 1. The summed E-state index contributed by atoms with van der Waals surface area (Å²) in [6.45, 7) is 6.11. The Hall–Kier alpha value is -3.75. The van der Waals surface area contributed by atoms with Crippen LogP contribution < -0.4 is 4.74 Å². The highest BCUT2D eigenvalue weighted by Gasteiger charge is 2.30. The summed E-state index contributed by atoms with van der Waals surface area (Å²) in [5, 5.41) is 9.85. The summed E-state index contributed by atoms with van der Waals surface area (Å²) >= 11 is 0. The lowest BCUT2D eigenvalue weighted by atomic mass is 10.0. The SMILES string of the molecule is CC(C)c1nc(-c2ccc(C(F)(F)F)cc2)oc1C(C)COc1ccc2[nH]c(C(=O)O)cc2c1. The Morgan fingerprint density at radius 3 is 2.44 bits per heavy atom. The Bertz CT molecular complexity index is 1320. The highest BCUT2D eigenvalue weighted by atomic mass is 19.4. The van der Waals surface area contributed by atoms with Crippen molar-refractivity contribution < 1.29 is 32.2 Å². The zero-order valence-electron chi connectivity index (χ0n) is 18.7. The molecular formula is C25H23F3N2O4. The predicted molar refractivity (Wildman–Crippen MR) is 120 cm³/mol. The molecule has 0 saturated heterocycles. The van der Waals surface area contributed by atoms with Crippen LogP contribution in [0.5, 0.6) is 5.75 Å². The van der Waals surface area contributed by atoms with Crippen LogP contribution in [0.4, 0.5) is 13.2 Å². The van der Waals surface area contributed by atoms with Crippen LogP contribution in [0.15, 0.2) is 52.9 Å². The van der Waals surface area contributed by atoms with Crippen LogP contribution in [-0.4, -0.2) is 27.7 Å². The number of halogens is 3. The molecule has 2 aromatic carbocycles. The quantitative estimate of drug-likeness (QED) is 0.307. The standard InChI is InChI=1S/C25H23F3N2O4/c1-13(2)21-22(34-23(30-21)15-4-6-17(7-5-15)25(26,27)28)14(3)12-33-18-8-9-19-16(10-18)11-20(29-19)24(31)32/h4-11,13-14,29H,12H2,1-3H3,(H,31,32). The molecule has 1 atom stereocenters. The van der Waals surface area contributed by atoms with Gasteiger partial charge in [-0.15, -0.1) is 0 Å². The molecule has 2 heterocycles. The van der Waals surface area contributed by atoms with Crippen LogP contribution >= 0.6 is 0 Å². The first-order valence-electron chi connectivity index (χ1n) is 10.7. The van der Waals surface area contributed by atoms with Crippen molar-refractivity contribution in [3.63, 3.8) is 0 Å². The number of fused-ring (bicyclic) bond motifs is 1. The van der Waals surface area contributed by atoms with Gasteiger partial charge in [0.15, 0.2) is 0 Å². The summed E-state index contributed by atoms with van der Waals surface area (Å²) in [4.78, 5) is 18.5. The number of ether oxygens (including phenoxy) is 1. The van der Waals surface area contributed by atoms with Crippen molar-refractivity contribution in [3.8, 4) is 17.2 Å². The molecular weight excluding hydrogens is 449 g/mol. The van der Waals surface area contributed by atoms with Gasteiger partial charge in [0.25, 0.3) is 0 Å². The molecule has 0 fully saturated rings. The monoisotopic (exact) mass is 472 g/mol. The van der Waals surface area contributed by atoms with Crippen LogP contribution in [0.1, 0.15) is 60.1 Å². The summed E-state index contributed by atoms with van der Waals surface area (Å²) in [5.41, 5.74) is 1.24. The van der Waals surface area contributed by atoms with E-state index in [9.17, 15) is 18.0 Å². The zero-order valence-corrected chi connectivity index (χ0v) is 18.7. The molecule has 4 rings (SSSR count). The number of carbonyl (C=O) groups is 1. The molecule has 178 valence electrons. The van der Waals surface area contributed by atoms with Gasteiger partial charge in [0, 0.05) is 16.5 Å². The molecule has 9 heteroatoms. The number of aromatic amines is 1. The van der Waals surface area contributed by atoms with Gasteiger partial charge in [-0.05, 0) is 54.4 Å². The minimum atomic E-state index is -4.41. The molecule has 0 bridgehead atoms. The number of aromatic nitrogens is 2. The van der Waals surface area contributed by atoms with Gasteiger partial charge in [0.05, 0.1) is 23.8 Å². The van der Waals surface area contributed by atoms with Crippen LogP contribution in [0, 0.1) is 0 Å². The first-order chi connectivity index (χ1) is 16.0. The van der Waals surface area contributed by atoms with Crippen LogP contribution in [0.3, 0.4) is 0 Å². The van der Waals surface area contributed by atoms with Gasteiger partial charge < -0.3 is 19.2 Å². The second-order valence-corrected chi connectivity index (χ2v) is 8.45. The Labute approximate surface area is 193 Å². The van der Waals surface area contributed by atoms with E-state index >= 15 is 0 Å². The number of oxazole rings is 1. The second kappa shape index (κ2) is 8.89. The molecule has 0 saturated carbocycles. The molecule has 0 aliphatic carbocycles. The molecule has 6 nitrogen and oxygen atoms in total. The van der Waals surface area contributed by atoms with Crippen LogP contribution in [-0.2, 0) is 6.18 Å². The summed E-state index contributed by atoms with van der Waals surface area (Å²) in [6.07, 6.45) is -4.41. The Morgan fingerprint density at radius 2 is 1.82 bits per heavy atom. The third-order valence-corrected chi connectivity index (χ3v) is 5.46. The van der Waals surface area contributed by atoms with E-state index in [4.69, 9.17) is 14.3 Å². The molecule has 0 aliphatic rings. The van der Waals surface area contributed by atoms with E-state index in [1.54, 1.807) is 18.2 Å². The number of rotatable bonds is 7. The number of carboxylic acid groups (broad SMARTS) is 1. The molecule has 0 spiro atoms. The van der Waals surface area contributed by atoms with Gasteiger partial charge in [-0.3, -0.25) is 0 Å². The maximum absolute atomic E-state index is 12.9. The summed E-state index contributed by atoms with van der Waals surface area (Å²) in [7, 11) is 0. The van der Waals surface area contributed by atoms with Crippen molar-refractivity contribution in [1.82, 2.24) is 9.97 Å². The maximum Gasteiger partial charge on any atom is 0.416 e. The van der Waals surface area contributed by atoms with Crippen molar-refractivity contribution in [3.05, 3.63) is 71.2 Å². The number of carboxylic acids is 1. The summed E-state index contributed by atoms with van der Waals surface area (Å²) in [6, 6.07) is 11.5. The number of hydrogen-bond donors (Lipinski definition) is 2. The second-order valence-electron chi connectivity index (χ2n) is 8.45. The van der Waals surface area contributed by atoms with Crippen LogP contribution in [0.25, 0.3) is 22.4 Å². The summed E-state index contributed by atoms with van der Waals surface area (Å²) in [5.74, 6) is 0.251. The van der Waals surface area contributed by atoms with E-state index in [0.717, 1.165) is 23.2 Å². The Morgan fingerprint density at radius 1 is 1.12 bits per heavy atom. The van der Waals surface area contributed by atoms with Crippen molar-refractivity contribution in [2.75, 3.05) is 6.61 Å². The van der Waals surface area contributed by atoms with Gasteiger partial charge in [0.1, 0.15) is 17.2 Å². The normalized spacial score (nSPS) is 12.9. The fourth-order valence-electron chi connectivity index (χ4n) is 3.65. The average molecular weight is 472 g/mol. The minimum absolute atomic E-state index is 0.0371. The highest BCUT2D eigenvalue weighted by molar-refractivity contribution is 5.94. The molecule has 4 aromatic rings. The van der Waals surface area contributed by atoms with E-state index in [-0.39, 0.29) is 30.0 Å². The van der Waals surface area contributed by atoms with Crippen molar-refractivity contribution in [2.24, 2.45) is 0 Å². The van der Waals surface area contributed by atoms with E-state index in [1.807, 2.05) is 20.8 Å².